The molecule has 1 amide bonds. The molecule has 0 aliphatic heterocycles. The molecule has 5 nitrogen and oxygen atoms in total. The largest absolute Gasteiger partial charge is 0.330 e. The summed E-state index contributed by atoms with van der Waals surface area (Å²) in [4.78, 5) is 11.9. The summed E-state index contributed by atoms with van der Waals surface area (Å²) in [6.07, 6.45) is 1.61. The SMILES string of the molecule is CCCC(CN)C(=O)Nc1ccc(C#N)c(C#N)c1. The fraction of sp³-hybridized carbons (Fsp3) is 0.357. The average molecular weight is 256 g/mol. The monoisotopic (exact) mass is 256 g/mol. The van der Waals surface area contributed by atoms with Crippen LogP contribution in [0.4, 0.5) is 5.69 Å². The van der Waals surface area contributed by atoms with Gasteiger partial charge in [-0.2, -0.15) is 10.5 Å². The van der Waals surface area contributed by atoms with Gasteiger partial charge < -0.3 is 11.1 Å². The van der Waals surface area contributed by atoms with Crippen LogP contribution in [-0.2, 0) is 4.79 Å². The Bertz CT molecular complexity index is 539. The number of rotatable bonds is 5. The predicted octanol–water partition coefficient (Wildman–Crippen LogP) is 1.74. The molecule has 1 aromatic carbocycles. The summed E-state index contributed by atoms with van der Waals surface area (Å²) < 4.78 is 0. The maximum Gasteiger partial charge on any atom is 0.228 e. The number of anilines is 1. The smallest absolute Gasteiger partial charge is 0.228 e. The third-order valence-electron chi connectivity index (χ3n) is 2.82. The van der Waals surface area contributed by atoms with Crippen LogP contribution in [-0.4, -0.2) is 12.5 Å². The molecule has 98 valence electrons. The van der Waals surface area contributed by atoms with Gasteiger partial charge >= 0.3 is 0 Å². The molecule has 0 saturated carbocycles. The summed E-state index contributed by atoms with van der Waals surface area (Å²) in [5.41, 5.74) is 6.61. The number of nitrogens with two attached hydrogens (primary N) is 1. The van der Waals surface area contributed by atoms with Crippen molar-refractivity contribution in [1.29, 1.82) is 10.5 Å². The number of nitrogens with one attached hydrogen (secondary N) is 1. The highest BCUT2D eigenvalue weighted by Gasteiger charge is 2.16. The highest BCUT2D eigenvalue weighted by Crippen LogP contribution is 2.16. The van der Waals surface area contributed by atoms with Crippen molar-refractivity contribution in [2.24, 2.45) is 11.7 Å². The van der Waals surface area contributed by atoms with Crippen LogP contribution in [0.5, 0.6) is 0 Å². The van der Waals surface area contributed by atoms with Crippen LogP contribution in [0.3, 0.4) is 0 Å². The van der Waals surface area contributed by atoms with Crippen LogP contribution in [0.15, 0.2) is 18.2 Å². The van der Waals surface area contributed by atoms with Crippen molar-refractivity contribution in [3.05, 3.63) is 29.3 Å². The van der Waals surface area contributed by atoms with Gasteiger partial charge in [-0.25, -0.2) is 0 Å². The van der Waals surface area contributed by atoms with Crippen molar-refractivity contribution in [3.63, 3.8) is 0 Å². The molecule has 1 aromatic rings. The molecule has 0 aromatic heterocycles. The van der Waals surface area contributed by atoms with Crippen LogP contribution >= 0.6 is 0 Å². The van der Waals surface area contributed by atoms with Gasteiger partial charge in [0.1, 0.15) is 12.1 Å². The minimum atomic E-state index is -0.230. The summed E-state index contributed by atoms with van der Waals surface area (Å²) >= 11 is 0. The Hall–Kier alpha value is -2.37. The Morgan fingerprint density at radius 2 is 2.05 bits per heavy atom. The lowest BCUT2D eigenvalue weighted by molar-refractivity contribution is -0.119. The van der Waals surface area contributed by atoms with E-state index in [0.29, 0.717) is 17.8 Å². The Morgan fingerprint density at radius 3 is 2.58 bits per heavy atom. The first-order valence-electron chi connectivity index (χ1n) is 6.11. The van der Waals surface area contributed by atoms with Crippen LogP contribution in [0.25, 0.3) is 0 Å². The maximum atomic E-state index is 11.9. The fourth-order valence-corrected chi connectivity index (χ4v) is 1.76. The lowest BCUT2D eigenvalue weighted by atomic mass is 10.0. The second-order valence-electron chi connectivity index (χ2n) is 4.19. The van der Waals surface area contributed by atoms with Crippen LogP contribution < -0.4 is 11.1 Å². The van der Waals surface area contributed by atoms with Crippen molar-refractivity contribution >= 4 is 11.6 Å². The van der Waals surface area contributed by atoms with Gasteiger partial charge in [0.25, 0.3) is 0 Å². The predicted molar refractivity (Wildman–Crippen MR) is 72.0 cm³/mol. The lowest BCUT2D eigenvalue weighted by Crippen LogP contribution is -2.29. The molecule has 0 aliphatic rings. The van der Waals surface area contributed by atoms with Crippen molar-refractivity contribution in [1.82, 2.24) is 0 Å². The Morgan fingerprint density at radius 1 is 1.37 bits per heavy atom. The maximum absolute atomic E-state index is 11.9. The zero-order valence-corrected chi connectivity index (χ0v) is 10.8. The molecule has 0 fully saturated rings. The van der Waals surface area contributed by atoms with E-state index < -0.39 is 0 Å². The van der Waals surface area contributed by atoms with Gasteiger partial charge in [0.05, 0.1) is 17.0 Å². The van der Waals surface area contributed by atoms with E-state index in [-0.39, 0.29) is 17.4 Å². The standard InChI is InChI=1S/C14H16N4O/c1-2-3-11(8-16)14(19)18-13-5-4-10(7-15)12(6-13)9-17/h4-6,11H,2-3,8,16H2,1H3,(H,18,19). The Labute approximate surface area is 112 Å². The molecule has 19 heavy (non-hydrogen) atoms. The summed E-state index contributed by atoms with van der Waals surface area (Å²) in [6, 6.07) is 8.48. The van der Waals surface area contributed by atoms with Crippen LogP contribution in [0.1, 0.15) is 30.9 Å². The molecular formula is C14H16N4O. The quantitative estimate of drug-likeness (QED) is 0.837. The number of carbonyl (C=O) groups excluding carboxylic acids is 1. The van der Waals surface area contributed by atoms with Crippen LogP contribution in [0, 0.1) is 28.6 Å². The molecule has 1 rings (SSSR count). The first kappa shape index (κ1) is 14.7. The lowest BCUT2D eigenvalue weighted by Gasteiger charge is -2.14. The summed E-state index contributed by atoms with van der Waals surface area (Å²) in [6.45, 7) is 2.28. The molecule has 1 unspecified atom stereocenters. The number of nitrogens with zero attached hydrogens (tertiary/aromatic N) is 2. The molecule has 0 spiro atoms. The van der Waals surface area contributed by atoms with Crippen molar-refractivity contribution in [3.8, 4) is 12.1 Å². The molecule has 1 atom stereocenters. The Balaban J connectivity index is 2.86. The zero-order chi connectivity index (χ0) is 14.3. The first-order valence-corrected chi connectivity index (χ1v) is 6.11. The van der Waals surface area contributed by atoms with Crippen molar-refractivity contribution in [2.45, 2.75) is 19.8 Å². The second-order valence-corrected chi connectivity index (χ2v) is 4.19. The zero-order valence-electron chi connectivity index (χ0n) is 10.8. The third kappa shape index (κ3) is 3.80. The van der Waals surface area contributed by atoms with Crippen molar-refractivity contribution < 1.29 is 4.79 Å². The van der Waals surface area contributed by atoms with Gasteiger partial charge in [0, 0.05) is 12.2 Å². The van der Waals surface area contributed by atoms with Crippen LogP contribution in [0.2, 0.25) is 0 Å². The Kier molecular flexibility index (Phi) is 5.53. The van der Waals surface area contributed by atoms with Gasteiger partial charge in [-0.1, -0.05) is 13.3 Å². The van der Waals surface area contributed by atoms with Gasteiger partial charge in [0.2, 0.25) is 5.91 Å². The van der Waals surface area contributed by atoms with E-state index in [0.717, 1.165) is 12.8 Å². The number of hydrogen-bond acceptors (Lipinski definition) is 4. The van der Waals surface area contributed by atoms with Gasteiger partial charge in [-0.3, -0.25) is 4.79 Å². The second kappa shape index (κ2) is 7.15. The van der Waals surface area contributed by atoms with Gasteiger partial charge in [-0.15, -0.1) is 0 Å². The molecule has 0 aliphatic carbocycles. The van der Waals surface area contributed by atoms with E-state index in [2.05, 4.69) is 5.32 Å². The summed E-state index contributed by atoms with van der Waals surface area (Å²) in [5.74, 6) is -0.385. The number of hydrogen-bond donors (Lipinski definition) is 2. The molecule has 0 saturated heterocycles. The minimum absolute atomic E-state index is 0.155. The van der Waals surface area contributed by atoms with Gasteiger partial charge in [-0.05, 0) is 24.6 Å². The highest BCUT2D eigenvalue weighted by atomic mass is 16.1. The molecule has 0 radical (unpaired) electrons. The average Bonchev–Trinajstić information content (AvgIpc) is 2.44. The van der Waals surface area contributed by atoms with E-state index in [1.54, 1.807) is 6.07 Å². The number of amides is 1. The summed E-state index contributed by atoms with van der Waals surface area (Å²) in [5, 5.41) is 20.5. The molecular weight excluding hydrogens is 240 g/mol. The highest BCUT2D eigenvalue weighted by molar-refractivity contribution is 5.93. The minimum Gasteiger partial charge on any atom is -0.330 e. The first-order chi connectivity index (χ1) is 9.15. The van der Waals surface area contributed by atoms with E-state index in [1.807, 2.05) is 19.1 Å². The van der Waals surface area contributed by atoms with Gasteiger partial charge in [0.15, 0.2) is 0 Å². The van der Waals surface area contributed by atoms with E-state index >= 15 is 0 Å². The molecule has 3 N–H and O–H groups in total. The molecule has 0 bridgehead atoms. The number of benzene rings is 1. The topological polar surface area (TPSA) is 103 Å². The number of nitriles is 2. The van der Waals surface area contributed by atoms with E-state index in [4.69, 9.17) is 16.3 Å². The number of carbonyl (C=O) groups is 1. The normalized spacial score (nSPS) is 11.2. The van der Waals surface area contributed by atoms with E-state index in [9.17, 15) is 4.79 Å². The van der Waals surface area contributed by atoms with Crippen molar-refractivity contribution in [2.75, 3.05) is 11.9 Å². The molecule has 5 heteroatoms. The fourth-order valence-electron chi connectivity index (χ4n) is 1.76. The third-order valence-corrected chi connectivity index (χ3v) is 2.82. The summed E-state index contributed by atoms with van der Waals surface area (Å²) in [7, 11) is 0. The van der Waals surface area contributed by atoms with E-state index in [1.165, 1.54) is 12.1 Å². The molecule has 0 heterocycles.